The van der Waals surface area contributed by atoms with Crippen molar-refractivity contribution < 1.29 is 9.53 Å². The summed E-state index contributed by atoms with van der Waals surface area (Å²) in [4.78, 5) is 23.3. The topological polar surface area (TPSA) is 67.3 Å². The predicted octanol–water partition coefficient (Wildman–Crippen LogP) is 3.50. The second-order valence-corrected chi connectivity index (χ2v) is 6.24. The number of carbonyl (C=O) groups is 1. The van der Waals surface area contributed by atoms with Crippen LogP contribution in [0.15, 0.2) is 35.6 Å². The molecule has 2 heterocycles. The average Bonchev–Trinajstić information content (AvgIpc) is 2.65. The van der Waals surface area contributed by atoms with E-state index >= 15 is 0 Å². The number of fused-ring (bicyclic) bond motifs is 1. The third-order valence-corrected chi connectivity index (χ3v) is 4.33. The Bertz CT molecular complexity index is 739. The molecule has 0 spiro atoms. The minimum atomic E-state index is -0.00535. The number of halogens is 1. The van der Waals surface area contributed by atoms with Crippen LogP contribution in [0.25, 0.3) is 0 Å². The quantitative estimate of drug-likeness (QED) is 0.356. The summed E-state index contributed by atoms with van der Waals surface area (Å²) in [7, 11) is 3.40. The maximum absolute atomic E-state index is 13.0. The lowest BCUT2D eigenvalue weighted by Crippen LogP contribution is -2.37. The summed E-state index contributed by atoms with van der Waals surface area (Å²) < 4.78 is 5.11. The number of amides is 1. The highest BCUT2D eigenvalue weighted by Crippen LogP contribution is 2.26. The van der Waals surface area contributed by atoms with Gasteiger partial charge in [0.15, 0.2) is 0 Å². The van der Waals surface area contributed by atoms with Crippen molar-refractivity contribution in [1.29, 1.82) is 0 Å². The molecule has 0 aliphatic carbocycles. The lowest BCUT2D eigenvalue weighted by molar-refractivity contribution is -0.127. The number of ether oxygens (including phenoxy) is 1. The van der Waals surface area contributed by atoms with Gasteiger partial charge in [-0.05, 0) is 37.1 Å². The maximum atomic E-state index is 13.0. The van der Waals surface area contributed by atoms with Crippen molar-refractivity contribution in [1.82, 2.24) is 14.9 Å². The third-order valence-electron chi connectivity index (χ3n) is 4.16. The van der Waals surface area contributed by atoms with E-state index in [-0.39, 0.29) is 11.2 Å². The summed E-state index contributed by atoms with van der Waals surface area (Å²) in [5.41, 5.74) is 2.48. The molecule has 2 rings (SSSR count). The molecule has 7 heteroatoms. The van der Waals surface area contributed by atoms with Gasteiger partial charge in [-0.25, -0.2) is 9.97 Å². The second-order valence-electron chi connectivity index (χ2n) is 5.90. The fourth-order valence-electron chi connectivity index (χ4n) is 2.75. The van der Waals surface area contributed by atoms with Crippen LogP contribution in [0.3, 0.4) is 0 Å². The molecule has 1 aromatic rings. The Labute approximate surface area is 159 Å². The summed E-state index contributed by atoms with van der Waals surface area (Å²) in [6, 6.07) is 0. The zero-order valence-electron chi connectivity index (χ0n) is 15.7. The smallest absolute Gasteiger partial charge is 0.253 e. The lowest BCUT2D eigenvalue weighted by Gasteiger charge is -2.29. The van der Waals surface area contributed by atoms with Gasteiger partial charge in [0.2, 0.25) is 5.28 Å². The number of carbonyl (C=O) groups excluding carboxylic acids is 1. The van der Waals surface area contributed by atoms with E-state index in [1.165, 1.54) is 0 Å². The number of hydrogen-bond acceptors (Lipinski definition) is 5. The largest absolute Gasteiger partial charge is 0.501 e. The normalized spacial score (nSPS) is 15.2. The van der Waals surface area contributed by atoms with Gasteiger partial charge in [-0.2, -0.15) is 0 Å². The Hall–Kier alpha value is -2.34. The van der Waals surface area contributed by atoms with E-state index < -0.39 is 0 Å². The van der Waals surface area contributed by atoms with Crippen LogP contribution < -0.4 is 5.32 Å². The van der Waals surface area contributed by atoms with Crippen molar-refractivity contribution in [2.24, 2.45) is 0 Å². The molecule has 0 saturated carbocycles. The molecule has 1 N–H and O–H groups in total. The number of rotatable bonds is 6. The second kappa shape index (κ2) is 9.38. The van der Waals surface area contributed by atoms with E-state index in [9.17, 15) is 4.79 Å². The fraction of sp³-hybridized carbons (Fsp3) is 0.421. The summed E-state index contributed by atoms with van der Waals surface area (Å²) in [5.74, 6) is 1.45. The predicted molar refractivity (Wildman–Crippen MR) is 104 cm³/mol. The van der Waals surface area contributed by atoms with Crippen LogP contribution in [-0.2, 0) is 22.5 Å². The molecule has 0 radical (unpaired) electrons. The molecule has 1 aliphatic rings. The molecule has 26 heavy (non-hydrogen) atoms. The molecular formula is C19H25ClN4O2. The molecule has 1 aromatic heterocycles. The highest BCUT2D eigenvalue weighted by atomic mass is 35.5. The highest BCUT2D eigenvalue weighted by molar-refractivity contribution is 6.28. The first-order valence-corrected chi connectivity index (χ1v) is 8.99. The zero-order chi connectivity index (χ0) is 19.1. The van der Waals surface area contributed by atoms with Gasteiger partial charge in [-0.3, -0.25) is 4.79 Å². The molecule has 0 aromatic carbocycles. The van der Waals surface area contributed by atoms with Gasteiger partial charge in [0, 0.05) is 31.1 Å². The van der Waals surface area contributed by atoms with E-state index in [1.807, 2.05) is 43.1 Å². The average molecular weight is 377 g/mol. The molecule has 0 bridgehead atoms. The van der Waals surface area contributed by atoms with Gasteiger partial charge in [0.1, 0.15) is 5.82 Å². The highest BCUT2D eigenvalue weighted by Gasteiger charge is 2.26. The molecule has 0 atom stereocenters. The Morgan fingerprint density at radius 3 is 2.85 bits per heavy atom. The van der Waals surface area contributed by atoms with Crippen LogP contribution in [0.1, 0.15) is 31.5 Å². The van der Waals surface area contributed by atoms with Crippen molar-refractivity contribution in [2.75, 3.05) is 26.0 Å². The molecule has 0 saturated heterocycles. The van der Waals surface area contributed by atoms with E-state index in [0.29, 0.717) is 30.9 Å². The summed E-state index contributed by atoms with van der Waals surface area (Å²) in [5, 5.41) is 3.26. The number of aromatic nitrogens is 2. The number of hydrogen-bond donors (Lipinski definition) is 1. The van der Waals surface area contributed by atoms with E-state index in [0.717, 1.165) is 23.4 Å². The first-order valence-electron chi connectivity index (χ1n) is 8.61. The maximum Gasteiger partial charge on any atom is 0.253 e. The Balaban J connectivity index is 2.22. The minimum Gasteiger partial charge on any atom is -0.501 e. The van der Waals surface area contributed by atoms with Gasteiger partial charge in [0.25, 0.3) is 5.91 Å². The first kappa shape index (κ1) is 20.0. The van der Waals surface area contributed by atoms with Crippen molar-refractivity contribution in [3.8, 4) is 0 Å². The summed E-state index contributed by atoms with van der Waals surface area (Å²) in [6.07, 6.45) is 8.85. The van der Waals surface area contributed by atoms with Crippen LogP contribution in [0.2, 0.25) is 5.28 Å². The van der Waals surface area contributed by atoms with Crippen molar-refractivity contribution in [3.05, 3.63) is 52.2 Å². The van der Waals surface area contributed by atoms with Crippen LogP contribution in [0, 0.1) is 0 Å². The molecule has 6 nitrogen and oxygen atoms in total. The van der Waals surface area contributed by atoms with Gasteiger partial charge in [-0.1, -0.05) is 19.1 Å². The molecule has 0 fully saturated rings. The lowest BCUT2D eigenvalue weighted by atomic mass is 10.0. The van der Waals surface area contributed by atoms with E-state index in [4.69, 9.17) is 16.3 Å². The van der Waals surface area contributed by atoms with Crippen molar-refractivity contribution >= 4 is 23.3 Å². The van der Waals surface area contributed by atoms with Crippen molar-refractivity contribution in [2.45, 2.75) is 33.2 Å². The van der Waals surface area contributed by atoms with E-state index in [2.05, 4.69) is 15.3 Å². The van der Waals surface area contributed by atoms with Crippen LogP contribution in [0.5, 0.6) is 0 Å². The van der Waals surface area contributed by atoms with Gasteiger partial charge < -0.3 is 15.0 Å². The van der Waals surface area contributed by atoms with Gasteiger partial charge in [-0.15, -0.1) is 0 Å². The van der Waals surface area contributed by atoms with E-state index in [1.54, 1.807) is 14.2 Å². The standard InChI is InChI=1S/C19H25ClN4O2/c1-5-7-14(9-6-8-13(2)26-4)18(25)24-11-10-16-15(12-24)17(21-3)23-19(20)22-16/h6-9H,5,10-12H2,1-4H3,(H,21,22,23)/b9-6-,13-8+,14-7-. The molecular weight excluding hydrogens is 352 g/mol. The number of methoxy groups -OCH3 is 1. The minimum absolute atomic E-state index is 0.00535. The monoisotopic (exact) mass is 376 g/mol. The Morgan fingerprint density at radius 1 is 1.42 bits per heavy atom. The Kier molecular flexibility index (Phi) is 7.21. The first-order chi connectivity index (χ1) is 12.5. The molecule has 1 amide bonds. The van der Waals surface area contributed by atoms with Crippen LogP contribution in [-0.4, -0.2) is 41.5 Å². The summed E-state index contributed by atoms with van der Waals surface area (Å²) >= 11 is 5.97. The fourth-order valence-corrected chi connectivity index (χ4v) is 2.94. The number of anilines is 1. The molecule has 140 valence electrons. The van der Waals surface area contributed by atoms with Crippen LogP contribution >= 0.6 is 11.6 Å². The van der Waals surface area contributed by atoms with Gasteiger partial charge in [0.05, 0.1) is 25.1 Å². The van der Waals surface area contributed by atoms with Gasteiger partial charge >= 0.3 is 0 Å². The third kappa shape index (κ3) is 4.85. The number of nitrogens with zero attached hydrogens (tertiary/aromatic N) is 3. The SMILES string of the molecule is CC/C=C(/C=C\C=C(/C)OC)C(=O)N1CCc2nc(Cl)nc(NC)c2C1. The molecule has 1 aliphatic heterocycles. The number of allylic oxidation sites excluding steroid dienone is 4. The summed E-state index contributed by atoms with van der Waals surface area (Å²) in [6.45, 7) is 4.94. The number of nitrogens with one attached hydrogen (secondary N) is 1. The molecule has 0 unspecified atom stereocenters. The van der Waals surface area contributed by atoms with Crippen molar-refractivity contribution in [3.63, 3.8) is 0 Å². The zero-order valence-corrected chi connectivity index (χ0v) is 16.4. The van der Waals surface area contributed by atoms with Crippen LogP contribution in [0.4, 0.5) is 5.82 Å². The Morgan fingerprint density at radius 2 is 2.19 bits per heavy atom.